The number of urea groups is 1. The van der Waals surface area contributed by atoms with Crippen LogP contribution in [0, 0.1) is 0 Å². The molecule has 3 aromatic rings. The van der Waals surface area contributed by atoms with Crippen molar-refractivity contribution in [3.05, 3.63) is 65.4 Å². The predicted octanol–water partition coefficient (Wildman–Crippen LogP) is 4.72. The molecule has 3 rings (SSSR count). The highest BCUT2D eigenvalue weighted by Crippen LogP contribution is 2.35. The van der Waals surface area contributed by atoms with Crippen molar-refractivity contribution in [1.29, 1.82) is 0 Å². The zero-order chi connectivity index (χ0) is 25.0. The van der Waals surface area contributed by atoms with Crippen LogP contribution in [0.1, 0.15) is 23.7 Å². The molecule has 0 fully saturated rings. The average molecular weight is 490 g/mol. The van der Waals surface area contributed by atoms with Gasteiger partial charge in [0.1, 0.15) is 11.4 Å². The first kappa shape index (κ1) is 24.9. The second-order valence-corrected chi connectivity index (χ2v) is 8.13. The van der Waals surface area contributed by atoms with E-state index in [-0.39, 0.29) is 23.7 Å². The number of benzene rings is 2. The van der Waals surface area contributed by atoms with Gasteiger partial charge in [-0.25, -0.2) is 4.79 Å². The van der Waals surface area contributed by atoms with Gasteiger partial charge in [0.25, 0.3) is 0 Å². The molecule has 11 heteroatoms. The third-order valence-electron chi connectivity index (χ3n) is 4.94. The Hall–Kier alpha value is -3.73. The summed E-state index contributed by atoms with van der Waals surface area (Å²) in [6.45, 7) is 1.86. The molecule has 0 bridgehead atoms. The number of amides is 2. The van der Waals surface area contributed by atoms with E-state index in [1.165, 1.54) is 16.8 Å². The summed E-state index contributed by atoms with van der Waals surface area (Å²) in [5.74, 6) is -0.181. The summed E-state index contributed by atoms with van der Waals surface area (Å²) in [7, 11) is 1.58. The molecule has 0 saturated carbocycles. The molecule has 2 aromatic carbocycles. The van der Waals surface area contributed by atoms with Crippen LogP contribution in [0.4, 0.5) is 23.7 Å². The number of aliphatic imine (C=N–C) groups is 1. The fourth-order valence-electron chi connectivity index (χ4n) is 3.36. The Bertz CT molecular complexity index is 1250. The maximum Gasteiger partial charge on any atom is 0.416 e. The molecular formula is C23H22F3N5O2S. The minimum atomic E-state index is -4.44. The third-order valence-corrected chi connectivity index (χ3v) is 5.21. The summed E-state index contributed by atoms with van der Waals surface area (Å²) in [6.07, 6.45) is -4.01. The first-order chi connectivity index (χ1) is 16.0. The molecule has 1 aromatic heterocycles. The lowest BCUT2D eigenvalue weighted by atomic mass is 10.1. The van der Waals surface area contributed by atoms with Crippen LogP contribution < -0.4 is 11.1 Å². The summed E-state index contributed by atoms with van der Waals surface area (Å²) < 4.78 is 39.9. The molecule has 0 aliphatic carbocycles. The number of nitrogens with zero attached hydrogens (tertiary/aromatic N) is 3. The molecule has 7 nitrogen and oxygen atoms in total. The largest absolute Gasteiger partial charge is 0.504 e. The van der Waals surface area contributed by atoms with Gasteiger partial charge in [0, 0.05) is 29.6 Å². The van der Waals surface area contributed by atoms with Crippen molar-refractivity contribution >= 4 is 34.5 Å². The van der Waals surface area contributed by atoms with Crippen LogP contribution in [0.15, 0.2) is 53.5 Å². The van der Waals surface area contributed by atoms with Gasteiger partial charge in [-0.2, -0.15) is 18.3 Å². The van der Waals surface area contributed by atoms with Crippen LogP contribution in [0.2, 0.25) is 0 Å². The summed E-state index contributed by atoms with van der Waals surface area (Å²) >= 11 is 5.42. The first-order valence-corrected chi connectivity index (χ1v) is 10.5. The quantitative estimate of drug-likeness (QED) is 0.330. The lowest BCUT2D eigenvalue weighted by molar-refractivity contribution is -0.137. The van der Waals surface area contributed by atoms with E-state index in [1.54, 1.807) is 32.2 Å². The van der Waals surface area contributed by atoms with E-state index in [0.29, 0.717) is 28.2 Å². The van der Waals surface area contributed by atoms with Gasteiger partial charge < -0.3 is 16.2 Å². The van der Waals surface area contributed by atoms with Crippen molar-refractivity contribution < 1.29 is 23.1 Å². The maximum absolute atomic E-state index is 12.8. The third kappa shape index (κ3) is 5.98. The Labute approximate surface area is 199 Å². The number of aromatic nitrogens is 2. The number of alkyl halides is 3. The Morgan fingerprint density at radius 3 is 2.53 bits per heavy atom. The lowest BCUT2D eigenvalue weighted by Gasteiger charge is -2.08. The number of hydrogen-bond acceptors (Lipinski definition) is 5. The van der Waals surface area contributed by atoms with Crippen LogP contribution in [0.5, 0.6) is 5.75 Å². The van der Waals surface area contributed by atoms with Gasteiger partial charge in [-0.15, -0.1) is 0 Å². The van der Waals surface area contributed by atoms with E-state index >= 15 is 0 Å². The Kier molecular flexibility index (Phi) is 7.35. The number of rotatable bonds is 7. The molecule has 4 N–H and O–H groups in total. The minimum absolute atomic E-state index is 0.181. The smallest absolute Gasteiger partial charge is 0.416 e. The number of aromatic hydroxyl groups is 1. The van der Waals surface area contributed by atoms with Crippen molar-refractivity contribution in [3.63, 3.8) is 0 Å². The van der Waals surface area contributed by atoms with E-state index < -0.39 is 17.8 Å². The topological polar surface area (TPSA) is 106 Å². The Balaban J connectivity index is 1.74. The number of thiocarbonyl (C=S) groups is 1. The molecular weight excluding hydrogens is 467 g/mol. The zero-order valence-electron chi connectivity index (χ0n) is 18.3. The first-order valence-electron chi connectivity index (χ1n) is 10.1. The molecule has 0 atom stereocenters. The number of carbonyl (C=O) groups is 1. The van der Waals surface area contributed by atoms with Crippen LogP contribution in [-0.4, -0.2) is 38.0 Å². The Morgan fingerprint density at radius 1 is 1.24 bits per heavy atom. The van der Waals surface area contributed by atoms with Crippen LogP contribution in [-0.2, 0) is 19.6 Å². The van der Waals surface area contributed by atoms with Gasteiger partial charge in [0.2, 0.25) is 0 Å². The molecule has 0 spiro atoms. The molecule has 0 aliphatic heterocycles. The molecule has 2 amide bonds. The molecule has 1 heterocycles. The Morgan fingerprint density at radius 2 is 1.91 bits per heavy atom. The molecule has 0 unspecified atom stereocenters. The zero-order valence-corrected chi connectivity index (χ0v) is 19.2. The van der Waals surface area contributed by atoms with Gasteiger partial charge in [-0.1, -0.05) is 36.5 Å². The highest BCUT2D eigenvalue weighted by atomic mass is 32.1. The molecule has 178 valence electrons. The van der Waals surface area contributed by atoms with Crippen LogP contribution >= 0.6 is 12.2 Å². The van der Waals surface area contributed by atoms with Gasteiger partial charge in [-0.3, -0.25) is 9.67 Å². The molecule has 0 aliphatic rings. The van der Waals surface area contributed by atoms with Gasteiger partial charge in [-0.05, 0) is 36.8 Å². The van der Waals surface area contributed by atoms with E-state index in [4.69, 9.17) is 18.0 Å². The average Bonchev–Trinajstić information content (AvgIpc) is 3.05. The van der Waals surface area contributed by atoms with Gasteiger partial charge in [0.15, 0.2) is 5.75 Å². The summed E-state index contributed by atoms with van der Waals surface area (Å²) in [5, 5.41) is 17.5. The number of primary amides is 1. The number of nitrogens with two attached hydrogens (primary N) is 1. The van der Waals surface area contributed by atoms with Gasteiger partial charge >= 0.3 is 12.2 Å². The molecule has 0 saturated heterocycles. The lowest BCUT2D eigenvalue weighted by Crippen LogP contribution is -2.19. The standard InChI is InChI=1S/C23H22F3N5O2S/c1-13(28-12-18(34)11-14-4-3-5-17(10-14)29-22(27)33)19-21(32)20(31(2)30-19)15-6-8-16(9-7-15)23(24,25)26/h3-10,32H,11-12H2,1-2H3,(H3,27,29,33). The number of carbonyl (C=O) groups excluding carboxylic acids is 1. The number of nitrogens with one attached hydrogen (secondary N) is 1. The van der Waals surface area contributed by atoms with Crippen molar-refractivity contribution in [2.24, 2.45) is 17.8 Å². The van der Waals surface area contributed by atoms with Crippen molar-refractivity contribution in [3.8, 4) is 17.0 Å². The molecule has 34 heavy (non-hydrogen) atoms. The van der Waals surface area contributed by atoms with Crippen molar-refractivity contribution in [1.82, 2.24) is 9.78 Å². The number of aryl methyl sites for hydroxylation is 1. The summed E-state index contributed by atoms with van der Waals surface area (Å²) in [6, 6.07) is 10.9. The second kappa shape index (κ2) is 10.0. The normalized spacial score (nSPS) is 12.0. The van der Waals surface area contributed by atoms with E-state index in [9.17, 15) is 23.1 Å². The van der Waals surface area contributed by atoms with E-state index in [2.05, 4.69) is 15.4 Å². The fraction of sp³-hybridized carbons (Fsp3) is 0.217. The minimum Gasteiger partial charge on any atom is -0.504 e. The van der Waals surface area contributed by atoms with Crippen molar-refractivity contribution in [2.45, 2.75) is 19.5 Å². The van der Waals surface area contributed by atoms with E-state index in [1.807, 2.05) is 6.07 Å². The second-order valence-electron chi connectivity index (χ2n) is 7.55. The van der Waals surface area contributed by atoms with Gasteiger partial charge in [0.05, 0.1) is 17.8 Å². The van der Waals surface area contributed by atoms with E-state index in [0.717, 1.165) is 17.7 Å². The number of halogens is 3. The van der Waals surface area contributed by atoms with Crippen LogP contribution in [0.25, 0.3) is 11.3 Å². The molecule has 0 radical (unpaired) electrons. The van der Waals surface area contributed by atoms with Crippen molar-refractivity contribution in [2.75, 3.05) is 11.9 Å². The monoisotopic (exact) mass is 489 g/mol. The fourth-order valence-corrected chi connectivity index (χ4v) is 3.59. The predicted molar refractivity (Wildman–Crippen MR) is 128 cm³/mol. The summed E-state index contributed by atoms with van der Waals surface area (Å²) in [4.78, 5) is 16.0. The highest BCUT2D eigenvalue weighted by molar-refractivity contribution is 7.80. The number of anilines is 1. The summed E-state index contributed by atoms with van der Waals surface area (Å²) in [5.41, 5.74) is 7.09. The van der Waals surface area contributed by atoms with Crippen LogP contribution in [0.3, 0.4) is 0 Å². The maximum atomic E-state index is 12.8. The SMILES string of the molecule is CC(=NCC(=S)Cc1cccc(NC(N)=O)c1)c1nn(C)c(-c2ccc(C(F)(F)F)cc2)c1O. The highest BCUT2D eigenvalue weighted by Gasteiger charge is 2.30. The number of hydrogen-bond donors (Lipinski definition) is 3.